The van der Waals surface area contributed by atoms with E-state index in [1.807, 2.05) is 0 Å². The first-order valence-corrected chi connectivity index (χ1v) is 9.29. The second-order valence-corrected chi connectivity index (χ2v) is 7.03. The zero-order chi connectivity index (χ0) is 21.9. The van der Waals surface area contributed by atoms with Gasteiger partial charge in [0.2, 0.25) is 17.7 Å². The van der Waals surface area contributed by atoms with E-state index in [4.69, 9.17) is 11.6 Å². The fourth-order valence-corrected chi connectivity index (χ4v) is 3.05. The van der Waals surface area contributed by atoms with Gasteiger partial charge in [0.25, 0.3) is 0 Å². The zero-order valence-corrected chi connectivity index (χ0v) is 16.3. The third-order valence-electron chi connectivity index (χ3n) is 4.45. The Morgan fingerprint density at radius 2 is 1.70 bits per heavy atom. The van der Waals surface area contributed by atoms with Crippen LogP contribution < -0.4 is 5.32 Å². The van der Waals surface area contributed by atoms with Crippen LogP contribution in [0.3, 0.4) is 0 Å². The summed E-state index contributed by atoms with van der Waals surface area (Å²) in [5, 5.41) is 2.66. The molecular formula is C21H16ClF3N2O3. The van der Waals surface area contributed by atoms with Crippen LogP contribution >= 0.6 is 11.6 Å². The predicted octanol–water partition coefficient (Wildman–Crippen LogP) is 4.66. The number of halogens is 4. The van der Waals surface area contributed by atoms with Gasteiger partial charge in [-0.15, -0.1) is 0 Å². The molecule has 1 aliphatic rings. The largest absolute Gasteiger partial charge is 0.416 e. The number of nitrogens with one attached hydrogen (secondary N) is 1. The number of anilines is 1. The molecular weight excluding hydrogens is 421 g/mol. The Bertz CT molecular complexity index is 1000. The van der Waals surface area contributed by atoms with Gasteiger partial charge in [0.15, 0.2) is 0 Å². The van der Waals surface area contributed by atoms with Crippen LogP contribution in [0.15, 0.2) is 48.5 Å². The summed E-state index contributed by atoms with van der Waals surface area (Å²) in [5.41, 5.74) is 0.375. The molecule has 1 fully saturated rings. The van der Waals surface area contributed by atoms with Crippen LogP contribution in [0.1, 0.15) is 29.5 Å². The molecule has 3 amide bonds. The molecule has 0 radical (unpaired) electrons. The summed E-state index contributed by atoms with van der Waals surface area (Å²) in [7, 11) is 0. The highest BCUT2D eigenvalue weighted by atomic mass is 35.5. The van der Waals surface area contributed by atoms with E-state index in [0.717, 1.165) is 29.8 Å². The van der Waals surface area contributed by atoms with Crippen molar-refractivity contribution in [2.75, 3.05) is 5.32 Å². The summed E-state index contributed by atoms with van der Waals surface area (Å²) < 4.78 is 38.4. The summed E-state index contributed by atoms with van der Waals surface area (Å²) in [4.78, 5) is 36.6. The Morgan fingerprint density at radius 3 is 2.30 bits per heavy atom. The molecule has 3 rings (SSSR count). The van der Waals surface area contributed by atoms with Crippen molar-refractivity contribution in [1.82, 2.24) is 4.90 Å². The van der Waals surface area contributed by atoms with E-state index in [0.29, 0.717) is 5.69 Å². The minimum absolute atomic E-state index is 0.0666. The highest BCUT2D eigenvalue weighted by Crippen LogP contribution is 2.32. The van der Waals surface area contributed by atoms with Gasteiger partial charge in [0, 0.05) is 29.6 Å². The number of hydrogen-bond donors (Lipinski definition) is 1. The maximum absolute atomic E-state index is 12.8. The van der Waals surface area contributed by atoms with Crippen molar-refractivity contribution in [3.63, 3.8) is 0 Å². The predicted molar refractivity (Wildman–Crippen MR) is 105 cm³/mol. The normalized spacial score (nSPS) is 14.6. The molecule has 0 spiro atoms. The maximum Gasteiger partial charge on any atom is 0.416 e. The molecule has 1 heterocycles. The van der Waals surface area contributed by atoms with Crippen molar-refractivity contribution in [3.05, 3.63) is 70.3 Å². The van der Waals surface area contributed by atoms with Gasteiger partial charge >= 0.3 is 6.18 Å². The Morgan fingerprint density at radius 1 is 1.07 bits per heavy atom. The highest BCUT2D eigenvalue weighted by Gasteiger charge is 2.30. The van der Waals surface area contributed by atoms with Gasteiger partial charge in [-0.1, -0.05) is 23.7 Å². The summed E-state index contributed by atoms with van der Waals surface area (Å²) in [5.74, 6) is -0.979. The molecule has 0 atom stereocenters. The average molecular weight is 437 g/mol. The number of carbonyl (C=O) groups is 3. The van der Waals surface area contributed by atoms with Crippen LogP contribution in [-0.4, -0.2) is 22.6 Å². The first-order valence-electron chi connectivity index (χ1n) is 8.91. The monoisotopic (exact) mass is 436 g/mol. The van der Waals surface area contributed by atoms with Crippen molar-refractivity contribution in [3.8, 4) is 0 Å². The van der Waals surface area contributed by atoms with Gasteiger partial charge in [0.1, 0.15) is 0 Å². The van der Waals surface area contributed by atoms with Crippen LogP contribution in [0.25, 0.3) is 6.08 Å². The first-order chi connectivity index (χ1) is 14.1. The second-order valence-electron chi connectivity index (χ2n) is 6.63. The Hall–Kier alpha value is -3.13. The molecule has 0 aliphatic carbocycles. The molecule has 2 aromatic rings. The minimum atomic E-state index is -4.51. The third kappa shape index (κ3) is 5.27. The van der Waals surface area contributed by atoms with Crippen LogP contribution in [-0.2, 0) is 27.1 Å². The van der Waals surface area contributed by atoms with Gasteiger partial charge in [-0.3, -0.25) is 19.3 Å². The van der Waals surface area contributed by atoms with Gasteiger partial charge in [0.05, 0.1) is 12.1 Å². The van der Waals surface area contributed by atoms with Crippen molar-refractivity contribution in [2.24, 2.45) is 0 Å². The summed E-state index contributed by atoms with van der Waals surface area (Å²) in [6.45, 7) is 0.167. The smallest absolute Gasteiger partial charge is 0.323 e. The third-order valence-corrected chi connectivity index (χ3v) is 4.80. The molecule has 5 nitrogen and oxygen atoms in total. The van der Waals surface area contributed by atoms with Gasteiger partial charge in [-0.05, 0) is 47.5 Å². The lowest BCUT2D eigenvalue weighted by Gasteiger charge is -2.14. The Balaban J connectivity index is 1.62. The zero-order valence-electron chi connectivity index (χ0n) is 15.5. The standard InChI is InChI=1S/C21H16ClF3N2O3/c22-17-7-4-15(21(23,24)25)11-14(17)3-8-18(28)26-16-5-1-13(2-6-16)12-27-19(29)9-10-20(27)30/h1-8,11H,9-10,12H2,(H,26,28)/b8-3+. The fraction of sp³-hybridized carbons (Fsp3) is 0.190. The SMILES string of the molecule is O=C(/C=C/c1cc(C(F)(F)F)ccc1Cl)Nc1ccc(CN2C(=O)CCC2=O)cc1. The summed E-state index contributed by atoms with van der Waals surface area (Å²) in [6.07, 6.45) is -1.80. The highest BCUT2D eigenvalue weighted by molar-refractivity contribution is 6.32. The molecule has 30 heavy (non-hydrogen) atoms. The molecule has 1 aliphatic heterocycles. The molecule has 1 N–H and O–H groups in total. The molecule has 2 aromatic carbocycles. The van der Waals surface area contributed by atoms with Crippen LogP contribution in [0.5, 0.6) is 0 Å². The van der Waals surface area contributed by atoms with Crippen molar-refractivity contribution in [2.45, 2.75) is 25.6 Å². The number of benzene rings is 2. The average Bonchev–Trinajstić information content (AvgIpc) is 3.00. The minimum Gasteiger partial charge on any atom is -0.323 e. The molecule has 0 aromatic heterocycles. The quantitative estimate of drug-likeness (QED) is 0.547. The molecule has 0 saturated carbocycles. The van der Waals surface area contributed by atoms with Crippen molar-refractivity contribution < 1.29 is 27.6 Å². The lowest BCUT2D eigenvalue weighted by molar-refractivity contribution is -0.139. The fourth-order valence-electron chi connectivity index (χ4n) is 2.87. The second kappa shape index (κ2) is 8.71. The van der Waals surface area contributed by atoms with Crippen LogP contribution in [0.2, 0.25) is 5.02 Å². The van der Waals surface area contributed by atoms with Crippen molar-refractivity contribution >= 4 is 41.1 Å². The van der Waals surface area contributed by atoms with Gasteiger partial charge in [-0.2, -0.15) is 13.2 Å². The van der Waals surface area contributed by atoms with Gasteiger partial charge in [-0.25, -0.2) is 0 Å². The lowest BCUT2D eigenvalue weighted by Crippen LogP contribution is -2.28. The Kier molecular flexibility index (Phi) is 6.26. The number of nitrogens with zero attached hydrogens (tertiary/aromatic N) is 1. The number of imide groups is 1. The van der Waals surface area contributed by atoms with Gasteiger partial charge < -0.3 is 5.32 Å². The number of likely N-dealkylation sites (tertiary alicyclic amines) is 1. The van der Waals surface area contributed by atoms with E-state index in [1.165, 1.54) is 11.0 Å². The lowest BCUT2D eigenvalue weighted by atomic mass is 10.1. The molecule has 1 saturated heterocycles. The molecule has 0 bridgehead atoms. The summed E-state index contributed by atoms with van der Waals surface area (Å²) in [6, 6.07) is 9.39. The molecule has 156 valence electrons. The van der Waals surface area contributed by atoms with E-state index in [1.54, 1.807) is 24.3 Å². The number of alkyl halides is 3. The number of hydrogen-bond acceptors (Lipinski definition) is 3. The van der Waals surface area contributed by atoms with E-state index in [9.17, 15) is 27.6 Å². The van der Waals surface area contributed by atoms with E-state index < -0.39 is 17.6 Å². The summed E-state index contributed by atoms with van der Waals surface area (Å²) >= 11 is 5.90. The maximum atomic E-state index is 12.8. The molecule has 0 unspecified atom stereocenters. The van der Waals surface area contributed by atoms with E-state index >= 15 is 0 Å². The van der Waals surface area contributed by atoms with E-state index in [2.05, 4.69) is 5.32 Å². The number of amides is 3. The first kappa shape index (κ1) is 21.6. The van der Waals surface area contributed by atoms with E-state index in [-0.39, 0.29) is 41.8 Å². The number of rotatable bonds is 5. The van der Waals surface area contributed by atoms with Crippen molar-refractivity contribution in [1.29, 1.82) is 0 Å². The Labute approximate surface area is 175 Å². The topological polar surface area (TPSA) is 66.5 Å². The number of carbonyl (C=O) groups excluding carboxylic acids is 3. The van der Waals surface area contributed by atoms with Crippen LogP contribution in [0.4, 0.5) is 18.9 Å². The molecule has 9 heteroatoms. The van der Waals surface area contributed by atoms with Crippen LogP contribution in [0, 0.1) is 0 Å².